The summed E-state index contributed by atoms with van der Waals surface area (Å²) in [6.45, 7) is 0. The van der Waals surface area contributed by atoms with E-state index in [0.29, 0.717) is 0 Å². The molecule has 0 aromatic rings. The first-order chi connectivity index (χ1) is 4.27. The van der Waals surface area contributed by atoms with Crippen LogP contribution in [0.2, 0.25) is 0 Å². The van der Waals surface area contributed by atoms with E-state index in [1.165, 1.54) is 19.3 Å². The molecule has 0 bridgehead atoms. The average Bonchev–Trinajstić information content (AvgIpc) is 1.90. The molecule has 1 aliphatic carbocycles. The van der Waals surface area contributed by atoms with Crippen molar-refractivity contribution in [2.24, 2.45) is 5.73 Å². The highest BCUT2D eigenvalue weighted by molar-refractivity contribution is 5.08. The van der Waals surface area contributed by atoms with Crippen molar-refractivity contribution < 1.29 is 0 Å². The van der Waals surface area contributed by atoms with Crippen LogP contribution in [0.1, 0.15) is 32.1 Å². The van der Waals surface area contributed by atoms with Gasteiger partial charge in [0.2, 0.25) is 0 Å². The van der Waals surface area contributed by atoms with Gasteiger partial charge in [0.15, 0.2) is 0 Å². The normalized spacial score (nSPS) is 24.9. The van der Waals surface area contributed by atoms with E-state index in [1.54, 1.807) is 0 Å². The van der Waals surface area contributed by atoms with Crippen LogP contribution in [0.5, 0.6) is 0 Å². The second-order valence-corrected chi connectivity index (χ2v) is 2.84. The fraction of sp³-hybridized carbons (Fsp3) is 0.750. The average molecular weight is 122 g/mol. The van der Waals surface area contributed by atoms with Gasteiger partial charge in [0.25, 0.3) is 0 Å². The molecular formula is C8H12N. The fourth-order valence-electron chi connectivity index (χ4n) is 1.31. The van der Waals surface area contributed by atoms with E-state index < -0.39 is 0 Å². The lowest BCUT2D eigenvalue weighted by Gasteiger charge is -2.27. The summed E-state index contributed by atoms with van der Waals surface area (Å²) in [5, 5.41) is 0. The van der Waals surface area contributed by atoms with Crippen LogP contribution in [-0.4, -0.2) is 5.54 Å². The van der Waals surface area contributed by atoms with E-state index in [1.807, 2.05) is 0 Å². The Labute approximate surface area is 56.6 Å². The maximum Gasteiger partial charge on any atom is 0.0786 e. The molecule has 0 unspecified atom stereocenters. The highest BCUT2D eigenvalue weighted by atomic mass is 14.7. The maximum absolute atomic E-state index is 6.92. The topological polar surface area (TPSA) is 26.0 Å². The van der Waals surface area contributed by atoms with Gasteiger partial charge in [-0.3, -0.25) is 0 Å². The number of nitrogens with two attached hydrogens (primary N) is 1. The van der Waals surface area contributed by atoms with Crippen molar-refractivity contribution in [2.75, 3.05) is 0 Å². The van der Waals surface area contributed by atoms with Gasteiger partial charge in [-0.1, -0.05) is 25.2 Å². The smallest absolute Gasteiger partial charge is 0.0786 e. The summed E-state index contributed by atoms with van der Waals surface area (Å²) >= 11 is 0. The SMILES string of the molecule is [C]#CC1(N)CCCCC1. The van der Waals surface area contributed by atoms with Gasteiger partial charge in [-0.2, -0.15) is 0 Å². The molecule has 1 fully saturated rings. The minimum atomic E-state index is -0.363. The summed E-state index contributed by atoms with van der Waals surface area (Å²) in [5.74, 6) is 2.41. The molecule has 9 heavy (non-hydrogen) atoms. The monoisotopic (exact) mass is 122 g/mol. The van der Waals surface area contributed by atoms with E-state index in [9.17, 15) is 0 Å². The molecule has 0 aromatic heterocycles. The molecule has 49 valence electrons. The van der Waals surface area contributed by atoms with Crippen LogP contribution < -0.4 is 5.73 Å². The molecular weight excluding hydrogens is 110 g/mol. The Morgan fingerprint density at radius 2 is 1.78 bits per heavy atom. The molecule has 2 N–H and O–H groups in total. The van der Waals surface area contributed by atoms with E-state index in [4.69, 9.17) is 12.2 Å². The number of rotatable bonds is 0. The Morgan fingerprint density at radius 3 is 2.11 bits per heavy atom. The molecule has 0 aliphatic heterocycles. The first kappa shape index (κ1) is 6.64. The van der Waals surface area contributed by atoms with Crippen LogP contribution in [0.4, 0.5) is 0 Å². The van der Waals surface area contributed by atoms with Gasteiger partial charge in [-0.25, -0.2) is 0 Å². The lowest BCUT2D eigenvalue weighted by Crippen LogP contribution is -2.39. The van der Waals surface area contributed by atoms with E-state index in [0.717, 1.165) is 12.8 Å². The van der Waals surface area contributed by atoms with Gasteiger partial charge in [0.1, 0.15) is 0 Å². The summed E-state index contributed by atoms with van der Waals surface area (Å²) in [5.41, 5.74) is 5.40. The lowest BCUT2D eigenvalue weighted by molar-refractivity contribution is 0.370. The Bertz CT molecular complexity index is 126. The quantitative estimate of drug-likeness (QED) is 0.480. The van der Waals surface area contributed by atoms with Crippen LogP contribution in [-0.2, 0) is 0 Å². The van der Waals surface area contributed by atoms with Crippen molar-refractivity contribution >= 4 is 0 Å². The third-order valence-electron chi connectivity index (χ3n) is 1.99. The minimum Gasteiger partial charge on any atom is -0.315 e. The highest BCUT2D eigenvalue weighted by Crippen LogP contribution is 2.24. The Balaban J connectivity index is 2.49. The molecule has 0 atom stereocenters. The zero-order valence-corrected chi connectivity index (χ0v) is 5.61. The van der Waals surface area contributed by atoms with Crippen molar-refractivity contribution in [1.29, 1.82) is 0 Å². The molecule has 0 heterocycles. The Morgan fingerprint density at radius 1 is 1.22 bits per heavy atom. The summed E-state index contributed by atoms with van der Waals surface area (Å²) < 4.78 is 0. The molecule has 1 aliphatic rings. The van der Waals surface area contributed by atoms with Gasteiger partial charge in [0.05, 0.1) is 5.54 Å². The predicted molar refractivity (Wildman–Crippen MR) is 37.1 cm³/mol. The van der Waals surface area contributed by atoms with Gasteiger partial charge in [0, 0.05) is 0 Å². The van der Waals surface area contributed by atoms with Crippen LogP contribution >= 0.6 is 0 Å². The second kappa shape index (κ2) is 2.41. The molecule has 1 radical (unpaired) electrons. The standard InChI is InChI=1S/C8H12N/c1-2-8(9)6-4-3-5-7-8/h3-7,9H2. The third-order valence-corrected chi connectivity index (χ3v) is 1.99. The zero-order chi connectivity index (χ0) is 6.74. The molecule has 1 nitrogen and oxygen atoms in total. The fourth-order valence-corrected chi connectivity index (χ4v) is 1.31. The third kappa shape index (κ3) is 1.46. The van der Waals surface area contributed by atoms with Crippen LogP contribution in [0.3, 0.4) is 0 Å². The first-order valence-corrected chi connectivity index (χ1v) is 3.50. The second-order valence-electron chi connectivity index (χ2n) is 2.84. The predicted octanol–water partition coefficient (Wildman–Crippen LogP) is 1.24. The summed E-state index contributed by atoms with van der Waals surface area (Å²) in [6.07, 6.45) is 12.4. The largest absolute Gasteiger partial charge is 0.315 e. The highest BCUT2D eigenvalue weighted by Gasteiger charge is 2.24. The summed E-state index contributed by atoms with van der Waals surface area (Å²) in [7, 11) is 0. The van der Waals surface area contributed by atoms with Crippen LogP contribution in [0.15, 0.2) is 0 Å². The van der Waals surface area contributed by atoms with Crippen molar-refractivity contribution in [3.05, 3.63) is 6.42 Å². The lowest BCUT2D eigenvalue weighted by atomic mass is 9.83. The first-order valence-electron chi connectivity index (χ1n) is 3.50. The van der Waals surface area contributed by atoms with Gasteiger partial charge < -0.3 is 5.73 Å². The van der Waals surface area contributed by atoms with E-state index in [-0.39, 0.29) is 5.54 Å². The van der Waals surface area contributed by atoms with Crippen molar-refractivity contribution in [1.82, 2.24) is 0 Å². The molecule has 0 spiro atoms. The van der Waals surface area contributed by atoms with Crippen LogP contribution in [0, 0.1) is 12.3 Å². The van der Waals surface area contributed by atoms with Crippen molar-refractivity contribution in [3.8, 4) is 5.92 Å². The molecule has 1 saturated carbocycles. The van der Waals surface area contributed by atoms with E-state index >= 15 is 0 Å². The summed E-state index contributed by atoms with van der Waals surface area (Å²) in [4.78, 5) is 0. The van der Waals surface area contributed by atoms with Crippen molar-refractivity contribution in [3.63, 3.8) is 0 Å². The Kier molecular flexibility index (Phi) is 1.78. The van der Waals surface area contributed by atoms with E-state index in [2.05, 4.69) is 5.92 Å². The van der Waals surface area contributed by atoms with Gasteiger partial charge in [-0.05, 0) is 19.3 Å². The van der Waals surface area contributed by atoms with Gasteiger partial charge in [-0.15, -0.1) is 0 Å². The minimum absolute atomic E-state index is 0.363. The molecule has 1 rings (SSSR count). The number of hydrogen-bond donors (Lipinski definition) is 1. The van der Waals surface area contributed by atoms with Gasteiger partial charge >= 0.3 is 0 Å². The summed E-state index contributed by atoms with van der Waals surface area (Å²) in [6, 6.07) is 0. The van der Waals surface area contributed by atoms with Crippen LogP contribution in [0.25, 0.3) is 0 Å². The number of hydrogen-bond acceptors (Lipinski definition) is 1. The van der Waals surface area contributed by atoms with Crippen molar-refractivity contribution in [2.45, 2.75) is 37.6 Å². The maximum atomic E-state index is 6.92. The molecule has 0 saturated heterocycles. The molecule has 1 heteroatoms. The molecule has 0 aromatic carbocycles. The zero-order valence-electron chi connectivity index (χ0n) is 5.61. The molecule has 0 amide bonds. The Hall–Kier alpha value is -0.480.